The lowest BCUT2D eigenvalue weighted by atomic mass is 10.1. The number of hydrogen-bond donors (Lipinski definition) is 2. The number of aromatic nitrogens is 5. The van der Waals surface area contributed by atoms with E-state index in [0.29, 0.717) is 33.2 Å². The van der Waals surface area contributed by atoms with Crippen LogP contribution in [0.3, 0.4) is 0 Å². The van der Waals surface area contributed by atoms with Gasteiger partial charge in [0.2, 0.25) is 5.95 Å². The molecular formula is C18H15ClN6O2. The van der Waals surface area contributed by atoms with Crippen LogP contribution in [-0.2, 0) is 7.05 Å². The molecule has 4 rings (SSSR count). The van der Waals surface area contributed by atoms with Crippen LogP contribution in [-0.4, -0.2) is 24.5 Å². The molecule has 3 heterocycles. The van der Waals surface area contributed by atoms with Crippen LogP contribution >= 0.6 is 11.6 Å². The largest absolute Gasteiger partial charge is 0.347 e. The van der Waals surface area contributed by atoms with Gasteiger partial charge in [-0.1, -0.05) is 11.6 Å². The molecule has 9 heteroatoms. The van der Waals surface area contributed by atoms with Crippen molar-refractivity contribution in [3.63, 3.8) is 0 Å². The molecule has 2 N–H and O–H groups in total. The van der Waals surface area contributed by atoms with Crippen molar-refractivity contribution in [2.24, 2.45) is 7.05 Å². The second kappa shape index (κ2) is 6.48. The minimum atomic E-state index is -0.372. The fraction of sp³-hybridized carbons (Fsp3) is 0.167. The van der Waals surface area contributed by atoms with Crippen molar-refractivity contribution in [3.8, 4) is 0 Å². The number of aryl methyl sites for hydroxylation is 1. The molecule has 0 fully saturated rings. The Morgan fingerprint density at radius 1 is 1.19 bits per heavy atom. The van der Waals surface area contributed by atoms with Gasteiger partial charge < -0.3 is 10.3 Å². The Hall–Kier alpha value is -3.26. The van der Waals surface area contributed by atoms with Gasteiger partial charge in [-0.25, -0.2) is 9.97 Å². The van der Waals surface area contributed by atoms with E-state index in [-0.39, 0.29) is 17.2 Å². The van der Waals surface area contributed by atoms with Crippen LogP contribution < -0.4 is 16.4 Å². The standard InChI is InChI=1S/C18H15ClN6O2/c1-9(12-6-10-5-11(19)3-4-13(10)23-17(12)27)22-18-21-7-14-16(24-18)25(2)15(26)8-20-14/h3-9H,1-2H3,(H,23,27)(H,21,22,24)/t9-/m0/s1. The zero-order chi connectivity index (χ0) is 19.1. The highest BCUT2D eigenvalue weighted by atomic mass is 35.5. The highest BCUT2D eigenvalue weighted by Crippen LogP contribution is 2.21. The van der Waals surface area contributed by atoms with Crippen LogP contribution in [0.2, 0.25) is 5.02 Å². The van der Waals surface area contributed by atoms with E-state index < -0.39 is 0 Å². The number of fused-ring (bicyclic) bond motifs is 2. The number of aromatic amines is 1. The number of nitrogens with zero attached hydrogens (tertiary/aromatic N) is 4. The molecule has 4 aromatic rings. The summed E-state index contributed by atoms with van der Waals surface area (Å²) in [6.45, 7) is 1.83. The van der Waals surface area contributed by atoms with Crippen LogP contribution in [0.4, 0.5) is 5.95 Å². The number of nitrogens with one attached hydrogen (secondary N) is 2. The van der Waals surface area contributed by atoms with E-state index >= 15 is 0 Å². The van der Waals surface area contributed by atoms with Gasteiger partial charge in [-0.05, 0) is 31.2 Å². The second-order valence-corrected chi connectivity index (χ2v) is 6.65. The number of H-pyrrole nitrogens is 1. The van der Waals surface area contributed by atoms with Gasteiger partial charge in [-0.3, -0.25) is 14.2 Å². The summed E-state index contributed by atoms with van der Waals surface area (Å²) in [5.41, 5.74) is 1.68. The monoisotopic (exact) mass is 382 g/mol. The molecule has 1 atom stereocenters. The van der Waals surface area contributed by atoms with E-state index in [4.69, 9.17) is 11.6 Å². The Morgan fingerprint density at radius 2 is 2.00 bits per heavy atom. The lowest BCUT2D eigenvalue weighted by Gasteiger charge is -2.14. The Labute approximate surface area is 157 Å². The van der Waals surface area contributed by atoms with Crippen molar-refractivity contribution in [2.45, 2.75) is 13.0 Å². The summed E-state index contributed by atoms with van der Waals surface area (Å²) in [5.74, 6) is 0.295. The normalized spacial score (nSPS) is 12.4. The summed E-state index contributed by atoms with van der Waals surface area (Å²) in [6, 6.07) is 6.69. The quantitative estimate of drug-likeness (QED) is 0.563. The average Bonchev–Trinajstić information content (AvgIpc) is 2.65. The first-order chi connectivity index (χ1) is 12.9. The number of halogens is 1. The third-order valence-corrected chi connectivity index (χ3v) is 4.59. The molecule has 0 aliphatic rings. The molecule has 8 nitrogen and oxygen atoms in total. The first kappa shape index (κ1) is 17.2. The number of hydrogen-bond acceptors (Lipinski definition) is 6. The number of anilines is 1. The van der Waals surface area contributed by atoms with Gasteiger partial charge in [-0.2, -0.15) is 4.98 Å². The topological polar surface area (TPSA) is 106 Å². The van der Waals surface area contributed by atoms with E-state index in [9.17, 15) is 9.59 Å². The SMILES string of the molecule is C[C@H](Nc1ncc2ncc(=O)n(C)c2n1)c1cc2cc(Cl)ccc2[nH]c1=O. The van der Waals surface area contributed by atoms with Gasteiger partial charge in [-0.15, -0.1) is 0 Å². The Morgan fingerprint density at radius 3 is 2.81 bits per heavy atom. The zero-order valence-corrected chi connectivity index (χ0v) is 15.3. The molecule has 0 saturated carbocycles. The van der Waals surface area contributed by atoms with E-state index in [1.807, 2.05) is 6.92 Å². The Bertz CT molecular complexity index is 1300. The Balaban J connectivity index is 1.72. The molecule has 0 aliphatic carbocycles. The van der Waals surface area contributed by atoms with E-state index in [2.05, 4.69) is 25.3 Å². The minimum absolute atomic E-state index is 0.209. The van der Waals surface area contributed by atoms with Crippen molar-refractivity contribution in [2.75, 3.05) is 5.32 Å². The number of pyridine rings is 1. The Kier molecular flexibility index (Phi) is 4.12. The molecule has 1 aromatic carbocycles. The molecule has 0 amide bonds. The second-order valence-electron chi connectivity index (χ2n) is 6.21. The van der Waals surface area contributed by atoms with E-state index in [1.165, 1.54) is 17.0 Å². The summed E-state index contributed by atoms with van der Waals surface area (Å²) in [6.07, 6.45) is 2.75. The summed E-state index contributed by atoms with van der Waals surface area (Å²) >= 11 is 6.04. The number of benzene rings is 1. The third-order valence-electron chi connectivity index (χ3n) is 4.36. The van der Waals surface area contributed by atoms with Crippen LogP contribution in [0.5, 0.6) is 0 Å². The first-order valence-corrected chi connectivity index (χ1v) is 8.58. The van der Waals surface area contributed by atoms with Crippen LogP contribution in [0.25, 0.3) is 22.1 Å². The highest BCUT2D eigenvalue weighted by Gasteiger charge is 2.14. The van der Waals surface area contributed by atoms with Crippen LogP contribution in [0.1, 0.15) is 18.5 Å². The van der Waals surface area contributed by atoms with Crippen LogP contribution in [0, 0.1) is 0 Å². The van der Waals surface area contributed by atoms with E-state index in [0.717, 1.165) is 5.39 Å². The predicted octanol–water partition coefficient (Wildman–Crippen LogP) is 2.39. The van der Waals surface area contributed by atoms with Gasteiger partial charge in [0, 0.05) is 28.5 Å². The van der Waals surface area contributed by atoms with Gasteiger partial charge >= 0.3 is 0 Å². The molecule has 0 aliphatic heterocycles. The maximum atomic E-state index is 12.4. The molecular weight excluding hydrogens is 368 g/mol. The van der Waals surface area contributed by atoms with Crippen LogP contribution in [0.15, 0.2) is 46.2 Å². The lowest BCUT2D eigenvalue weighted by molar-refractivity contribution is 0.833. The molecule has 0 bridgehead atoms. The minimum Gasteiger partial charge on any atom is -0.347 e. The average molecular weight is 383 g/mol. The fourth-order valence-corrected chi connectivity index (χ4v) is 3.06. The predicted molar refractivity (Wildman–Crippen MR) is 104 cm³/mol. The molecule has 27 heavy (non-hydrogen) atoms. The maximum Gasteiger partial charge on any atom is 0.270 e. The van der Waals surface area contributed by atoms with Crippen molar-refractivity contribution in [1.82, 2.24) is 24.5 Å². The third kappa shape index (κ3) is 3.15. The highest BCUT2D eigenvalue weighted by molar-refractivity contribution is 6.31. The zero-order valence-electron chi connectivity index (χ0n) is 14.5. The fourth-order valence-electron chi connectivity index (χ4n) is 2.88. The molecule has 3 aromatic heterocycles. The number of rotatable bonds is 3. The van der Waals surface area contributed by atoms with Gasteiger partial charge in [0.05, 0.1) is 18.4 Å². The summed E-state index contributed by atoms with van der Waals surface area (Å²) < 4.78 is 1.39. The molecule has 0 saturated heterocycles. The summed E-state index contributed by atoms with van der Waals surface area (Å²) in [5, 5.41) is 4.52. The smallest absolute Gasteiger partial charge is 0.270 e. The molecule has 0 radical (unpaired) electrons. The summed E-state index contributed by atoms with van der Waals surface area (Å²) in [4.78, 5) is 39.6. The first-order valence-electron chi connectivity index (χ1n) is 8.20. The molecule has 0 spiro atoms. The van der Waals surface area contributed by atoms with E-state index in [1.54, 1.807) is 31.3 Å². The molecule has 0 unspecified atom stereocenters. The van der Waals surface area contributed by atoms with Gasteiger partial charge in [0.1, 0.15) is 5.52 Å². The lowest BCUT2D eigenvalue weighted by Crippen LogP contribution is -2.21. The van der Waals surface area contributed by atoms with Crippen molar-refractivity contribution in [1.29, 1.82) is 0 Å². The van der Waals surface area contributed by atoms with Crippen molar-refractivity contribution in [3.05, 3.63) is 68.0 Å². The van der Waals surface area contributed by atoms with Gasteiger partial charge in [0.15, 0.2) is 5.65 Å². The van der Waals surface area contributed by atoms with Gasteiger partial charge in [0.25, 0.3) is 11.1 Å². The van der Waals surface area contributed by atoms with Crippen molar-refractivity contribution < 1.29 is 0 Å². The summed E-state index contributed by atoms with van der Waals surface area (Å²) in [7, 11) is 1.62. The molecule has 136 valence electrons. The maximum absolute atomic E-state index is 12.4. The van der Waals surface area contributed by atoms with Crippen molar-refractivity contribution >= 4 is 39.6 Å².